The van der Waals surface area contributed by atoms with Gasteiger partial charge in [0.2, 0.25) is 11.8 Å². The van der Waals surface area contributed by atoms with E-state index in [-0.39, 0.29) is 23.8 Å². The summed E-state index contributed by atoms with van der Waals surface area (Å²) in [5.41, 5.74) is 5.02. The summed E-state index contributed by atoms with van der Waals surface area (Å²) >= 11 is 0. The zero-order chi connectivity index (χ0) is 21.0. The van der Waals surface area contributed by atoms with E-state index < -0.39 is 5.92 Å². The lowest BCUT2D eigenvalue weighted by atomic mass is 9.82. The summed E-state index contributed by atoms with van der Waals surface area (Å²) < 4.78 is 6.38. The topological polar surface area (TPSA) is 74.4 Å². The van der Waals surface area contributed by atoms with Gasteiger partial charge in [-0.15, -0.1) is 0 Å². The molecule has 3 aromatic rings. The highest BCUT2D eigenvalue weighted by Gasteiger charge is 2.44. The number of piperidine rings is 1. The summed E-state index contributed by atoms with van der Waals surface area (Å²) in [6.45, 7) is 1.97. The van der Waals surface area contributed by atoms with Gasteiger partial charge in [0.25, 0.3) is 0 Å². The maximum atomic E-state index is 13.4. The summed E-state index contributed by atoms with van der Waals surface area (Å²) in [5, 5.41) is 4.17. The Kier molecular flexibility index (Phi) is 4.18. The third-order valence-electron chi connectivity index (χ3n) is 7.18. The predicted molar refractivity (Wildman–Crippen MR) is 118 cm³/mol. The average molecular weight is 415 g/mol. The minimum Gasteiger partial charge on any atom is -0.368 e. The highest BCUT2D eigenvalue weighted by Crippen LogP contribution is 2.44. The van der Waals surface area contributed by atoms with Crippen molar-refractivity contribution in [1.82, 2.24) is 9.88 Å². The van der Waals surface area contributed by atoms with Crippen LogP contribution in [0.4, 0.5) is 5.69 Å². The number of carbonyl (C=O) groups is 2. The first-order chi connectivity index (χ1) is 15.1. The lowest BCUT2D eigenvalue weighted by Crippen LogP contribution is -2.50. The highest BCUT2D eigenvalue weighted by molar-refractivity contribution is 6.01. The molecule has 3 aliphatic rings. The summed E-state index contributed by atoms with van der Waals surface area (Å²) in [7, 11) is 0. The van der Waals surface area contributed by atoms with E-state index in [0.717, 1.165) is 36.0 Å². The summed E-state index contributed by atoms with van der Waals surface area (Å²) in [5.74, 6) is -0.455. The average Bonchev–Trinajstić information content (AvgIpc) is 3.19. The number of benzene rings is 2. The molecular weight excluding hydrogens is 390 g/mol. The quantitative estimate of drug-likeness (QED) is 0.637. The predicted octanol–water partition coefficient (Wildman–Crippen LogP) is 3.68. The van der Waals surface area contributed by atoms with E-state index in [1.54, 1.807) is 0 Å². The molecule has 0 saturated carbocycles. The fraction of sp³-hybridized carbons (Fsp3) is 0.360. The molecule has 0 radical (unpaired) electrons. The van der Waals surface area contributed by atoms with Crippen LogP contribution in [0.1, 0.15) is 42.0 Å². The molecule has 2 amide bonds. The van der Waals surface area contributed by atoms with E-state index in [9.17, 15) is 9.59 Å². The molecule has 1 saturated heterocycles. The molecule has 1 atom stereocenters. The van der Waals surface area contributed by atoms with Crippen LogP contribution in [-0.4, -0.2) is 41.4 Å². The van der Waals surface area contributed by atoms with E-state index in [1.165, 1.54) is 16.6 Å². The smallest absolute Gasteiger partial charge is 0.230 e. The summed E-state index contributed by atoms with van der Waals surface area (Å²) in [6, 6.07) is 16.0. The Morgan fingerprint density at radius 1 is 1.06 bits per heavy atom. The Bertz CT molecular complexity index is 1190. The molecule has 6 heteroatoms. The number of fused-ring (bicyclic) bond motifs is 5. The van der Waals surface area contributed by atoms with E-state index in [2.05, 4.69) is 34.6 Å². The first kappa shape index (κ1) is 18.6. The fourth-order valence-corrected chi connectivity index (χ4v) is 5.60. The molecule has 6 rings (SSSR count). The number of para-hydroxylation sites is 2. The van der Waals surface area contributed by atoms with Crippen LogP contribution >= 0.6 is 0 Å². The second-order valence-corrected chi connectivity index (χ2v) is 8.83. The Morgan fingerprint density at radius 3 is 2.71 bits per heavy atom. The van der Waals surface area contributed by atoms with Gasteiger partial charge in [-0.25, -0.2) is 0 Å². The number of hydrogen-bond donors (Lipinski definition) is 2. The van der Waals surface area contributed by atoms with Crippen molar-refractivity contribution >= 4 is 28.4 Å². The van der Waals surface area contributed by atoms with Crippen LogP contribution < -0.4 is 5.32 Å². The molecule has 3 aliphatic heterocycles. The Balaban J connectivity index is 1.26. The van der Waals surface area contributed by atoms with E-state index in [1.807, 2.05) is 29.2 Å². The number of likely N-dealkylation sites (tertiary alicyclic amines) is 1. The van der Waals surface area contributed by atoms with Gasteiger partial charge >= 0.3 is 0 Å². The molecule has 1 aromatic heterocycles. The van der Waals surface area contributed by atoms with Crippen molar-refractivity contribution in [2.45, 2.75) is 37.2 Å². The van der Waals surface area contributed by atoms with Crippen LogP contribution in [-0.2, 0) is 26.3 Å². The second kappa shape index (κ2) is 6.95. The number of aromatic nitrogens is 1. The van der Waals surface area contributed by atoms with Crippen LogP contribution in [0.5, 0.6) is 0 Å². The zero-order valence-electron chi connectivity index (χ0n) is 17.3. The Morgan fingerprint density at radius 2 is 1.84 bits per heavy atom. The number of hydrogen-bond acceptors (Lipinski definition) is 3. The monoisotopic (exact) mass is 415 g/mol. The highest BCUT2D eigenvalue weighted by atomic mass is 16.5. The molecule has 6 nitrogen and oxygen atoms in total. The fourth-order valence-electron chi connectivity index (χ4n) is 5.60. The van der Waals surface area contributed by atoms with Crippen LogP contribution in [0.15, 0.2) is 48.5 Å². The molecule has 2 N–H and O–H groups in total. The molecule has 2 aromatic carbocycles. The summed E-state index contributed by atoms with van der Waals surface area (Å²) in [6.07, 6.45) is 2.65. The third-order valence-corrected chi connectivity index (χ3v) is 7.18. The maximum Gasteiger partial charge on any atom is 0.230 e. The molecule has 158 valence electrons. The third kappa shape index (κ3) is 2.89. The SMILES string of the molecule is O=C1CC(C(=O)N2CCC3(CC2)OCCc2c3[nH]c3ccccc23)c2ccccc2N1. The van der Waals surface area contributed by atoms with Crippen LogP contribution in [0.25, 0.3) is 10.9 Å². The van der Waals surface area contributed by atoms with Gasteiger partial charge in [0.05, 0.1) is 18.2 Å². The Labute approximate surface area is 180 Å². The van der Waals surface area contributed by atoms with Crippen molar-refractivity contribution in [3.63, 3.8) is 0 Å². The van der Waals surface area contributed by atoms with Crippen molar-refractivity contribution in [3.8, 4) is 0 Å². The largest absolute Gasteiger partial charge is 0.368 e. The first-order valence-corrected chi connectivity index (χ1v) is 11.1. The second-order valence-electron chi connectivity index (χ2n) is 8.83. The molecule has 1 spiro atoms. The number of amides is 2. The van der Waals surface area contributed by atoms with E-state index >= 15 is 0 Å². The van der Waals surface area contributed by atoms with Crippen molar-refractivity contribution < 1.29 is 14.3 Å². The number of rotatable bonds is 1. The number of nitrogens with one attached hydrogen (secondary N) is 2. The molecular formula is C25H25N3O3. The number of ether oxygens (including phenoxy) is 1. The van der Waals surface area contributed by atoms with Gasteiger partial charge in [-0.05, 0) is 42.5 Å². The number of nitrogens with zero attached hydrogens (tertiary/aromatic N) is 1. The van der Waals surface area contributed by atoms with Crippen molar-refractivity contribution in [2.75, 3.05) is 25.0 Å². The lowest BCUT2D eigenvalue weighted by Gasteiger charge is -2.44. The maximum absolute atomic E-state index is 13.4. The molecule has 0 bridgehead atoms. The normalized spacial score (nSPS) is 22.1. The van der Waals surface area contributed by atoms with Crippen molar-refractivity contribution in [3.05, 3.63) is 65.4 Å². The number of H-pyrrole nitrogens is 1. The number of anilines is 1. The molecule has 4 heterocycles. The minimum atomic E-state index is -0.407. The van der Waals surface area contributed by atoms with Gasteiger partial charge < -0.3 is 19.9 Å². The van der Waals surface area contributed by atoms with Gasteiger partial charge in [0, 0.05) is 36.1 Å². The molecule has 0 aliphatic carbocycles. The van der Waals surface area contributed by atoms with Gasteiger partial charge in [0.1, 0.15) is 5.60 Å². The Hall–Kier alpha value is -3.12. The number of aromatic amines is 1. The van der Waals surface area contributed by atoms with Crippen LogP contribution in [0, 0.1) is 0 Å². The lowest BCUT2D eigenvalue weighted by molar-refractivity contribution is -0.143. The zero-order valence-corrected chi connectivity index (χ0v) is 17.3. The van der Waals surface area contributed by atoms with E-state index in [4.69, 9.17) is 4.74 Å². The van der Waals surface area contributed by atoms with Crippen molar-refractivity contribution in [2.24, 2.45) is 0 Å². The number of carbonyl (C=O) groups excluding carboxylic acids is 2. The van der Waals surface area contributed by atoms with Gasteiger partial charge in [-0.2, -0.15) is 0 Å². The standard InChI is InChI=1S/C25H25N3O3/c29-22-15-19(17-6-2-3-7-20(17)26-22)24(30)28-12-10-25(11-13-28)23-18(9-14-31-25)16-5-1-4-8-21(16)27-23/h1-8,19,27H,9-15H2,(H,26,29). The van der Waals surface area contributed by atoms with Gasteiger partial charge in [-0.1, -0.05) is 36.4 Å². The van der Waals surface area contributed by atoms with Crippen molar-refractivity contribution in [1.29, 1.82) is 0 Å². The van der Waals surface area contributed by atoms with Gasteiger partial charge in [0.15, 0.2) is 0 Å². The molecule has 1 fully saturated rings. The van der Waals surface area contributed by atoms with Crippen LogP contribution in [0.3, 0.4) is 0 Å². The summed E-state index contributed by atoms with van der Waals surface area (Å²) in [4.78, 5) is 31.1. The van der Waals surface area contributed by atoms with Crippen LogP contribution in [0.2, 0.25) is 0 Å². The molecule has 31 heavy (non-hydrogen) atoms. The molecule has 1 unspecified atom stereocenters. The van der Waals surface area contributed by atoms with Gasteiger partial charge in [-0.3, -0.25) is 9.59 Å². The first-order valence-electron chi connectivity index (χ1n) is 11.1. The van der Waals surface area contributed by atoms with E-state index in [0.29, 0.717) is 19.7 Å². The minimum absolute atomic E-state index is 0.0461.